The maximum absolute atomic E-state index is 13.4. The smallest absolute Gasteiger partial charge is 0.407 e. The van der Waals surface area contributed by atoms with Gasteiger partial charge in [0.15, 0.2) is 49.6 Å². The van der Waals surface area contributed by atoms with Crippen LogP contribution in [0.15, 0.2) is 121 Å². The lowest BCUT2D eigenvalue weighted by molar-refractivity contribution is -0.356. The van der Waals surface area contributed by atoms with Crippen molar-refractivity contribution in [2.24, 2.45) is 0 Å². The summed E-state index contributed by atoms with van der Waals surface area (Å²) in [4.78, 5) is 53.4. The SMILES string of the molecule is COC1OC2COC(c3ccccc3)OC2C(OC(=O)NCCCCCCNC(=O)OC2C3OC(c4ccccc4)OCC3OC(OC)C2OC(=O)c2ccccc2)C1OC(=O)c1ccccc1. The van der Waals surface area contributed by atoms with Crippen LogP contribution in [0.5, 0.6) is 0 Å². The van der Waals surface area contributed by atoms with Crippen LogP contribution in [0.4, 0.5) is 9.59 Å². The number of esters is 2. The number of amides is 2. The van der Waals surface area contributed by atoms with Crippen molar-refractivity contribution in [2.45, 2.75) is 99.7 Å². The van der Waals surface area contributed by atoms with E-state index in [4.69, 9.17) is 56.8 Å². The fourth-order valence-corrected chi connectivity index (χ4v) is 8.40. The second-order valence-electron chi connectivity index (χ2n) is 16.4. The molecule has 18 heteroatoms. The summed E-state index contributed by atoms with van der Waals surface area (Å²) in [7, 11) is 2.81. The molecule has 4 aromatic carbocycles. The summed E-state index contributed by atoms with van der Waals surface area (Å²) >= 11 is 0. The second kappa shape index (κ2) is 23.9. The fraction of sp³-hybridized carbons (Fsp3) is 0.440. The molecule has 18 nitrogen and oxygen atoms in total. The second-order valence-corrected chi connectivity index (χ2v) is 16.4. The Balaban J connectivity index is 0.832. The summed E-state index contributed by atoms with van der Waals surface area (Å²) < 4.78 is 72.0. The highest BCUT2D eigenvalue weighted by Gasteiger charge is 2.55. The lowest BCUT2D eigenvalue weighted by Crippen LogP contribution is -2.64. The molecule has 0 saturated carbocycles. The van der Waals surface area contributed by atoms with Gasteiger partial charge in [0, 0.05) is 38.4 Å². The van der Waals surface area contributed by atoms with Gasteiger partial charge in [0.25, 0.3) is 0 Å². The van der Waals surface area contributed by atoms with Crippen LogP contribution in [0, 0.1) is 0 Å². The molecule has 4 aromatic rings. The number of fused-ring (bicyclic) bond motifs is 2. The Kier molecular flexibility index (Phi) is 17.0. The highest BCUT2D eigenvalue weighted by atomic mass is 16.8. The highest BCUT2D eigenvalue weighted by Crippen LogP contribution is 2.39. The summed E-state index contributed by atoms with van der Waals surface area (Å²) in [6.45, 7) is 0.750. The molecule has 4 heterocycles. The molecule has 0 aromatic heterocycles. The Morgan fingerprint density at radius 1 is 0.471 bits per heavy atom. The third-order valence-corrected chi connectivity index (χ3v) is 11.8. The maximum atomic E-state index is 13.4. The molecular formula is C50H56N2O16. The van der Waals surface area contributed by atoms with Crippen molar-refractivity contribution >= 4 is 24.1 Å². The fourth-order valence-electron chi connectivity index (χ4n) is 8.40. The lowest BCUT2D eigenvalue weighted by atomic mass is 9.97. The molecule has 8 rings (SSSR count). The molecule has 12 atom stereocenters. The Hall–Kier alpha value is -5.96. The summed E-state index contributed by atoms with van der Waals surface area (Å²) in [5, 5.41) is 5.59. The van der Waals surface area contributed by atoms with E-state index < -0.39 is 98.1 Å². The summed E-state index contributed by atoms with van der Waals surface area (Å²) in [5.74, 6) is -1.31. The van der Waals surface area contributed by atoms with E-state index in [2.05, 4.69) is 10.6 Å². The molecule has 4 saturated heterocycles. The summed E-state index contributed by atoms with van der Waals surface area (Å²) in [5.41, 5.74) is 2.10. The van der Waals surface area contributed by atoms with Gasteiger partial charge in [0.05, 0.1) is 24.3 Å². The zero-order chi connectivity index (χ0) is 47.2. The van der Waals surface area contributed by atoms with Crippen LogP contribution in [0.1, 0.15) is 70.1 Å². The number of methoxy groups -OCH3 is 2. The average Bonchev–Trinajstić information content (AvgIpc) is 3.38. The van der Waals surface area contributed by atoms with Crippen LogP contribution in [-0.4, -0.2) is 126 Å². The largest absolute Gasteiger partial charge is 0.449 e. The van der Waals surface area contributed by atoms with Gasteiger partial charge in [0.2, 0.25) is 0 Å². The van der Waals surface area contributed by atoms with Crippen LogP contribution < -0.4 is 10.6 Å². The van der Waals surface area contributed by atoms with Crippen LogP contribution in [-0.2, 0) is 56.8 Å². The molecule has 68 heavy (non-hydrogen) atoms. The first kappa shape index (κ1) is 48.5. The van der Waals surface area contributed by atoms with Crippen molar-refractivity contribution in [3.8, 4) is 0 Å². The molecule has 12 unspecified atom stereocenters. The van der Waals surface area contributed by atoms with Crippen molar-refractivity contribution in [1.29, 1.82) is 0 Å². The first-order valence-electron chi connectivity index (χ1n) is 22.7. The minimum absolute atomic E-state index is 0.103. The van der Waals surface area contributed by atoms with E-state index in [1.165, 1.54) is 14.2 Å². The van der Waals surface area contributed by atoms with Gasteiger partial charge in [-0.1, -0.05) is 110 Å². The Morgan fingerprint density at radius 2 is 0.838 bits per heavy atom. The predicted octanol–water partition coefficient (Wildman–Crippen LogP) is 6.16. The van der Waals surface area contributed by atoms with Gasteiger partial charge in [-0.2, -0.15) is 0 Å². The van der Waals surface area contributed by atoms with Gasteiger partial charge in [0.1, 0.15) is 24.4 Å². The number of unbranched alkanes of at least 4 members (excludes halogenated alkanes) is 3. The van der Waals surface area contributed by atoms with Crippen molar-refractivity contribution in [2.75, 3.05) is 40.5 Å². The molecule has 4 aliphatic rings. The number of alkyl carbamates (subject to hydrolysis) is 2. The van der Waals surface area contributed by atoms with Gasteiger partial charge in [-0.05, 0) is 37.1 Å². The van der Waals surface area contributed by atoms with Gasteiger partial charge < -0.3 is 67.5 Å². The molecule has 2 amide bonds. The number of benzene rings is 4. The van der Waals surface area contributed by atoms with Crippen molar-refractivity contribution in [3.05, 3.63) is 144 Å². The quantitative estimate of drug-likeness (QED) is 0.0692. The first-order valence-corrected chi connectivity index (χ1v) is 22.7. The average molecular weight is 941 g/mol. The molecular weight excluding hydrogens is 885 g/mol. The van der Waals surface area contributed by atoms with Crippen molar-refractivity contribution in [1.82, 2.24) is 10.6 Å². The minimum Gasteiger partial charge on any atom is -0.449 e. The van der Waals surface area contributed by atoms with E-state index in [1.807, 2.05) is 60.7 Å². The number of hydrogen-bond donors (Lipinski definition) is 2. The molecule has 4 aliphatic heterocycles. The first-order chi connectivity index (χ1) is 33.3. The molecule has 362 valence electrons. The van der Waals surface area contributed by atoms with E-state index in [-0.39, 0.29) is 26.3 Å². The number of nitrogens with one attached hydrogen (secondary N) is 2. The minimum atomic E-state index is -1.19. The van der Waals surface area contributed by atoms with Gasteiger partial charge in [-0.25, -0.2) is 19.2 Å². The summed E-state index contributed by atoms with van der Waals surface area (Å²) in [6.07, 6.45) is -10.5. The van der Waals surface area contributed by atoms with Crippen molar-refractivity contribution in [3.63, 3.8) is 0 Å². The normalized spacial score (nSPS) is 28.7. The number of ether oxygens (including phenoxy) is 12. The van der Waals surface area contributed by atoms with Crippen LogP contribution >= 0.6 is 0 Å². The lowest BCUT2D eigenvalue weighted by Gasteiger charge is -2.47. The summed E-state index contributed by atoms with van der Waals surface area (Å²) in [6, 6.07) is 35.5. The third-order valence-electron chi connectivity index (χ3n) is 11.8. The maximum Gasteiger partial charge on any atom is 0.407 e. The Labute approximate surface area is 393 Å². The molecule has 0 aliphatic carbocycles. The van der Waals surface area contributed by atoms with Gasteiger partial charge in [-0.3, -0.25) is 0 Å². The number of hydrogen-bond acceptors (Lipinski definition) is 16. The zero-order valence-electron chi connectivity index (χ0n) is 37.7. The van der Waals surface area contributed by atoms with E-state index in [0.29, 0.717) is 36.8 Å². The van der Waals surface area contributed by atoms with Crippen LogP contribution in [0.2, 0.25) is 0 Å². The van der Waals surface area contributed by atoms with Crippen molar-refractivity contribution < 1.29 is 76.0 Å². The molecule has 0 spiro atoms. The number of rotatable bonds is 17. The van der Waals surface area contributed by atoms with E-state index in [1.54, 1.807) is 60.7 Å². The monoisotopic (exact) mass is 940 g/mol. The van der Waals surface area contributed by atoms with E-state index >= 15 is 0 Å². The molecule has 2 N–H and O–H groups in total. The highest BCUT2D eigenvalue weighted by molar-refractivity contribution is 5.90. The Bertz CT molecular complexity index is 2070. The van der Waals surface area contributed by atoms with Crippen LogP contribution in [0.25, 0.3) is 0 Å². The molecule has 0 radical (unpaired) electrons. The zero-order valence-corrected chi connectivity index (χ0v) is 37.7. The number of carbonyl (C=O) groups is 4. The van der Waals surface area contributed by atoms with Gasteiger partial charge >= 0.3 is 24.1 Å². The van der Waals surface area contributed by atoms with E-state index in [0.717, 1.165) is 11.1 Å². The van der Waals surface area contributed by atoms with Crippen LogP contribution in [0.3, 0.4) is 0 Å². The van der Waals surface area contributed by atoms with Gasteiger partial charge in [-0.15, -0.1) is 0 Å². The molecule has 4 fully saturated rings. The third kappa shape index (κ3) is 12.2. The number of carbonyl (C=O) groups excluding carboxylic acids is 4. The van der Waals surface area contributed by atoms with E-state index in [9.17, 15) is 19.2 Å². The topological polar surface area (TPSA) is 203 Å². The standard InChI is InChI=1S/C50H56N2O16/c1-57-47-41(63-43(53)31-19-9-5-10-20-31)39(37-35(61-47)29-59-45(65-37)33-23-13-7-14-24-33)67-49(55)51-27-17-3-4-18-28-52-50(56)68-40-38-36(30-60-46(66-38)34-25-15-8-16-26-34)62-48(58-2)42(40)64-44(54)32-21-11-6-12-22-32/h5-16,19-26,35-42,45-48H,3-4,17-18,27-30H2,1-2H3,(H,51,55)(H,52,56). The predicted molar refractivity (Wildman–Crippen MR) is 238 cm³/mol. The molecule has 0 bridgehead atoms. The Morgan fingerprint density at radius 3 is 1.21 bits per heavy atom.